The summed E-state index contributed by atoms with van der Waals surface area (Å²) in [4.78, 5) is 9.06. The summed E-state index contributed by atoms with van der Waals surface area (Å²) < 4.78 is 5.13. The Kier molecular flexibility index (Phi) is 4.72. The molecule has 5 heteroatoms. The van der Waals surface area contributed by atoms with Gasteiger partial charge in [0.25, 0.3) is 0 Å². The van der Waals surface area contributed by atoms with Gasteiger partial charge in [0.1, 0.15) is 11.9 Å². The highest BCUT2D eigenvalue weighted by atomic mass is 16.5. The van der Waals surface area contributed by atoms with Crippen LogP contribution in [0.2, 0.25) is 0 Å². The summed E-state index contributed by atoms with van der Waals surface area (Å²) in [5.74, 6) is 0.956. The molecule has 0 bridgehead atoms. The number of pyridine rings is 1. The number of nitrogens with zero attached hydrogens (tertiary/aromatic N) is 4. The lowest BCUT2D eigenvalue weighted by molar-refractivity contribution is 0.117. The van der Waals surface area contributed by atoms with Crippen LogP contribution in [-0.4, -0.2) is 55.8 Å². The van der Waals surface area contributed by atoms with Gasteiger partial charge in [0.2, 0.25) is 0 Å². The van der Waals surface area contributed by atoms with Crippen molar-refractivity contribution in [2.24, 2.45) is 0 Å². The third-order valence-corrected chi connectivity index (χ3v) is 3.55. The molecule has 1 aromatic heterocycles. The molecule has 0 N–H and O–H groups in total. The highest BCUT2D eigenvalue weighted by Gasteiger charge is 2.23. The predicted octanol–water partition coefficient (Wildman–Crippen LogP) is 1.11. The van der Waals surface area contributed by atoms with E-state index in [0.29, 0.717) is 11.6 Å². The Morgan fingerprint density at radius 1 is 1.47 bits per heavy atom. The lowest BCUT2D eigenvalue weighted by Crippen LogP contribution is -2.52. The fourth-order valence-corrected chi connectivity index (χ4v) is 2.38. The summed E-state index contributed by atoms with van der Waals surface area (Å²) >= 11 is 0. The van der Waals surface area contributed by atoms with Crippen molar-refractivity contribution in [3.05, 3.63) is 23.9 Å². The van der Waals surface area contributed by atoms with Gasteiger partial charge in [-0.2, -0.15) is 5.26 Å². The van der Waals surface area contributed by atoms with Gasteiger partial charge in [0.15, 0.2) is 0 Å². The Morgan fingerprint density at radius 3 is 2.89 bits per heavy atom. The highest BCUT2D eigenvalue weighted by Crippen LogP contribution is 2.16. The maximum Gasteiger partial charge on any atom is 0.128 e. The molecule has 102 valence electrons. The van der Waals surface area contributed by atoms with Crippen molar-refractivity contribution in [1.82, 2.24) is 9.88 Å². The Balaban J connectivity index is 1.95. The molecule has 0 amide bonds. The number of aromatic nitrogens is 1. The molecule has 1 fully saturated rings. The second kappa shape index (κ2) is 6.50. The molecule has 2 rings (SSSR count). The first-order chi connectivity index (χ1) is 9.24. The van der Waals surface area contributed by atoms with Crippen LogP contribution in [0.4, 0.5) is 5.82 Å². The molecular weight excluding hydrogens is 240 g/mol. The van der Waals surface area contributed by atoms with Gasteiger partial charge >= 0.3 is 0 Å². The first kappa shape index (κ1) is 13.8. The van der Waals surface area contributed by atoms with E-state index in [4.69, 9.17) is 10.00 Å². The fourth-order valence-electron chi connectivity index (χ4n) is 2.38. The standard InChI is InChI=1S/C14H20N4O/c1-12-11-18(6-5-17(12)7-8-19-2)14-4-3-13(9-15)10-16-14/h3-4,10,12H,5-8,11H2,1-2H3/t12-/m0/s1. The number of hydrogen-bond donors (Lipinski definition) is 0. The quantitative estimate of drug-likeness (QED) is 0.811. The van der Waals surface area contributed by atoms with Crippen LogP contribution in [0.1, 0.15) is 12.5 Å². The van der Waals surface area contributed by atoms with Crippen LogP contribution in [-0.2, 0) is 4.74 Å². The van der Waals surface area contributed by atoms with Crippen LogP contribution in [0.3, 0.4) is 0 Å². The zero-order valence-electron chi connectivity index (χ0n) is 11.5. The molecule has 0 spiro atoms. The van der Waals surface area contributed by atoms with E-state index in [2.05, 4.69) is 27.8 Å². The molecule has 1 aliphatic heterocycles. The Bertz CT molecular complexity index is 440. The lowest BCUT2D eigenvalue weighted by Gasteiger charge is -2.40. The largest absolute Gasteiger partial charge is 0.383 e. The van der Waals surface area contributed by atoms with E-state index >= 15 is 0 Å². The molecule has 2 heterocycles. The van der Waals surface area contributed by atoms with E-state index in [1.165, 1.54) is 0 Å². The van der Waals surface area contributed by atoms with E-state index in [-0.39, 0.29) is 0 Å². The number of nitriles is 1. The van der Waals surface area contributed by atoms with Gasteiger partial charge in [-0.3, -0.25) is 4.90 Å². The number of anilines is 1. The van der Waals surface area contributed by atoms with Gasteiger partial charge in [0, 0.05) is 45.5 Å². The predicted molar refractivity (Wildman–Crippen MR) is 74.1 cm³/mol. The number of rotatable bonds is 4. The van der Waals surface area contributed by atoms with Crippen molar-refractivity contribution in [3.63, 3.8) is 0 Å². The molecular formula is C14H20N4O. The second-order valence-electron chi connectivity index (χ2n) is 4.84. The first-order valence-corrected chi connectivity index (χ1v) is 6.58. The van der Waals surface area contributed by atoms with Crippen LogP contribution in [0.5, 0.6) is 0 Å². The highest BCUT2D eigenvalue weighted by molar-refractivity contribution is 5.42. The Labute approximate surface area is 114 Å². The fraction of sp³-hybridized carbons (Fsp3) is 0.571. The van der Waals surface area contributed by atoms with Gasteiger partial charge in [-0.25, -0.2) is 4.98 Å². The van der Waals surface area contributed by atoms with Crippen molar-refractivity contribution in [2.45, 2.75) is 13.0 Å². The van der Waals surface area contributed by atoms with Crippen molar-refractivity contribution in [1.29, 1.82) is 5.26 Å². The minimum absolute atomic E-state index is 0.487. The van der Waals surface area contributed by atoms with Gasteiger partial charge in [-0.05, 0) is 19.1 Å². The van der Waals surface area contributed by atoms with Gasteiger partial charge in [0.05, 0.1) is 12.2 Å². The van der Waals surface area contributed by atoms with Crippen LogP contribution >= 0.6 is 0 Å². The van der Waals surface area contributed by atoms with Gasteiger partial charge in [-0.1, -0.05) is 0 Å². The number of methoxy groups -OCH3 is 1. The molecule has 1 saturated heterocycles. The van der Waals surface area contributed by atoms with E-state index in [1.54, 1.807) is 13.3 Å². The SMILES string of the molecule is COCCN1CCN(c2ccc(C#N)cn2)C[C@@H]1C. The minimum atomic E-state index is 0.487. The first-order valence-electron chi connectivity index (χ1n) is 6.58. The van der Waals surface area contributed by atoms with Crippen LogP contribution in [0.15, 0.2) is 18.3 Å². The van der Waals surface area contributed by atoms with Crippen LogP contribution in [0, 0.1) is 11.3 Å². The molecule has 0 unspecified atom stereocenters. The van der Waals surface area contributed by atoms with E-state index in [0.717, 1.165) is 38.6 Å². The molecule has 19 heavy (non-hydrogen) atoms. The zero-order valence-corrected chi connectivity index (χ0v) is 11.5. The molecule has 0 aliphatic carbocycles. The summed E-state index contributed by atoms with van der Waals surface area (Å²) in [6.07, 6.45) is 1.64. The van der Waals surface area contributed by atoms with E-state index < -0.39 is 0 Å². The van der Waals surface area contributed by atoms with Crippen LogP contribution < -0.4 is 4.90 Å². The second-order valence-corrected chi connectivity index (χ2v) is 4.84. The smallest absolute Gasteiger partial charge is 0.128 e. The average Bonchev–Trinajstić information content (AvgIpc) is 2.46. The minimum Gasteiger partial charge on any atom is -0.383 e. The molecule has 1 atom stereocenters. The molecule has 0 radical (unpaired) electrons. The third kappa shape index (κ3) is 3.43. The maximum absolute atomic E-state index is 8.78. The molecule has 0 saturated carbocycles. The Morgan fingerprint density at radius 2 is 2.32 bits per heavy atom. The van der Waals surface area contributed by atoms with Crippen molar-refractivity contribution in [2.75, 3.05) is 44.8 Å². The summed E-state index contributed by atoms with van der Waals surface area (Å²) in [6.45, 7) is 6.93. The number of piperazine rings is 1. The summed E-state index contributed by atoms with van der Waals surface area (Å²) in [7, 11) is 1.74. The van der Waals surface area contributed by atoms with Crippen molar-refractivity contribution in [3.8, 4) is 6.07 Å². The molecule has 1 aromatic rings. The third-order valence-electron chi connectivity index (χ3n) is 3.55. The van der Waals surface area contributed by atoms with E-state index in [9.17, 15) is 0 Å². The zero-order chi connectivity index (χ0) is 13.7. The molecule has 0 aromatic carbocycles. The molecule has 1 aliphatic rings. The van der Waals surface area contributed by atoms with Crippen molar-refractivity contribution >= 4 is 5.82 Å². The van der Waals surface area contributed by atoms with Crippen molar-refractivity contribution < 1.29 is 4.74 Å². The summed E-state index contributed by atoms with van der Waals surface area (Å²) in [6, 6.07) is 6.33. The summed E-state index contributed by atoms with van der Waals surface area (Å²) in [5.41, 5.74) is 0.607. The topological polar surface area (TPSA) is 52.4 Å². The average molecular weight is 260 g/mol. The lowest BCUT2D eigenvalue weighted by atomic mass is 10.2. The normalized spacial score (nSPS) is 20.3. The number of hydrogen-bond acceptors (Lipinski definition) is 5. The summed E-state index contributed by atoms with van der Waals surface area (Å²) in [5, 5.41) is 8.78. The van der Waals surface area contributed by atoms with Gasteiger partial charge in [-0.15, -0.1) is 0 Å². The molecule has 5 nitrogen and oxygen atoms in total. The van der Waals surface area contributed by atoms with Gasteiger partial charge < -0.3 is 9.64 Å². The monoisotopic (exact) mass is 260 g/mol. The maximum atomic E-state index is 8.78. The Hall–Kier alpha value is -1.64. The number of ether oxygens (including phenoxy) is 1. The van der Waals surface area contributed by atoms with Crippen LogP contribution in [0.25, 0.3) is 0 Å². The van der Waals surface area contributed by atoms with E-state index in [1.807, 2.05) is 12.1 Å².